The molecule has 0 aromatic heterocycles. The van der Waals surface area contributed by atoms with Crippen molar-refractivity contribution in [3.8, 4) is 0 Å². The van der Waals surface area contributed by atoms with Crippen LogP contribution in [0.15, 0.2) is 30.3 Å². The van der Waals surface area contributed by atoms with Gasteiger partial charge in [-0.15, -0.1) is 0 Å². The summed E-state index contributed by atoms with van der Waals surface area (Å²) >= 11 is 0. The molecule has 0 bridgehead atoms. The van der Waals surface area contributed by atoms with Crippen molar-refractivity contribution in [2.75, 3.05) is 0 Å². The number of rotatable bonds is 3. The van der Waals surface area contributed by atoms with Crippen molar-refractivity contribution in [3.63, 3.8) is 0 Å². The summed E-state index contributed by atoms with van der Waals surface area (Å²) in [6, 6.07) is 5.56. The van der Waals surface area contributed by atoms with Gasteiger partial charge >= 0.3 is 6.18 Å². The molecular formula is C24H24F6. The molecule has 2 aromatic carbocycles. The summed E-state index contributed by atoms with van der Waals surface area (Å²) in [5.74, 6) is -2.35. The Morgan fingerprint density at radius 1 is 0.933 bits per heavy atom. The maximum absolute atomic E-state index is 14.4. The summed E-state index contributed by atoms with van der Waals surface area (Å²) in [6.07, 6.45) is -0.221. The van der Waals surface area contributed by atoms with E-state index in [1.165, 1.54) is 12.1 Å². The van der Waals surface area contributed by atoms with Crippen molar-refractivity contribution in [3.05, 3.63) is 70.0 Å². The summed E-state index contributed by atoms with van der Waals surface area (Å²) in [6.45, 7) is 2.05. The molecule has 0 N–H and O–H groups in total. The summed E-state index contributed by atoms with van der Waals surface area (Å²) in [7, 11) is 0. The van der Waals surface area contributed by atoms with Crippen LogP contribution in [0.2, 0.25) is 0 Å². The molecular weight excluding hydrogens is 402 g/mol. The monoisotopic (exact) mass is 426 g/mol. The van der Waals surface area contributed by atoms with Gasteiger partial charge in [0.2, 0.25) is 0 Å². The second-order valence-corrected chi connectivity index (χ2v) is 8.65. The van der Waals surface area contributed by atoms with E-state index in [9.17, 15) is 26.3 Å². The minimum Gasteiger partial charge on any atom is -0.207 e. The zero-order valence-corrected chi connectivity index (χ0v) is 16.7. The first-order valence-corrected chi connectivity index (χ1v) is 10.5. The fourth-order valence-electron chi connectivity index (χ4n) is 5.87. The lowest BCUT2D eigenvalue weighted by Crippen LogP contribution is -2.35. The van der Waals surface area contributed by atoms with Gasteiger partial charge in [0, 0.05) is 6.07 Å². The van der Waals surface area contributed by atoms with E-state index in [1.807, 2.05) is 0 Å². The molecule has 2 aliphatic rings. The van der Waals surface area contributed by atoms with Crippen molar-refractivity contribution in [2.45, 2.75) is 63.5 Å². The molecule has 0 spiro atoms. The van der Waals surface area contributed by atoms with Crippen LogP contribution < -0.4 is 0 Å². The summed E-state index contributed by atoms with van der Waals surface area (Å²) in [5, 5.41) is 0. The van der Waals surface area contributed by atoms with Gasteiger partial charge in [-0.2, -0.15) is 13.2 Å². The predicted molar refractivity (Wildman–Crippen MR) is 103 cm³/mol. The Bertz CT molecular complexity index is 932. The minimum atomic E-state index is -4.74. The number of hydrogen-bond donors (Lipinski definition) is 0. The molecule has 1 fully saturated rings. The predicted octanol–water partition coefficient (Wildman–Crippen LogP) is 7.76. The Kier molecular flexibility index (Phi) is 5.62. The third kappa shape index (κ3) is 3.74. The number of halogens is 6. The molecule has 6 heteroatoms. The van der Waals surface area contributed by atoms with Gasteiger partial charge in [0.15, 0.2) is 0 Å². The van der Waals surface area contributed by atoms with E-state index in [0.717, 1.165) is 43.9 Å². The Hall–Kier alpha value is -1.98. The van der Waals surface area contributed by atoms with Gasteiger partial charge in [0.1, 0.15) is 17.5 Å². The Labute approximate surface area is 172 Å². The largest absolute Gasteiger partial charge is 0.419 e. The third-order valence-electron chi connectivity index (χ3n) is 7.00. The number of fused-ring (bicyclic) bond motifs is 3. The van der Waals surface area contributed by atoms with E-state index >= 15 is 0 Å². The lowest BCUT2D eigenvalue weighted by atomic mass is 9.57. The fraction of sp³-hybridized carbons (Fsp3) is 0.500. The van der Waals surface area contributed by atoms with Crippen LogP contribution in [0.5, 0.6) is 0 Å². The van der Waals surface area contributed by atoms with E-state index in [4.69, 9.17) is 0 Å². The Morgan fingerprint density at radius 3 is 2.37 bits per heavy atom. The molecule has 4 rings (SSSR count). The molecule has 0 amide bonds. The fourth-order valence-corrected chi connectivity index (χ4v) is 5.87. The third-order valence-corrected chi connectivity index (χ3v) is 7.00. The first-order chi connectivity index (χ1) is 14.2. The first-order valence-electron chi connectivity index (χ1n) is 10.5. The molecule has 162 valence electrons. The highest BCUT2D eigenvalue weighted by Crippen LogP contribution is 2.55. The topological polar surface area (TPSA) is 0 Å². The van der Waals surface area contributed by atoms with Crippen LogP contribution in [0.1, 0.15) is 73.1 Å². The Balaban J connectivity index is 1.76. The normalized spacial score (nSPS) is 26.2. The second kappa shape index (κ2) is 7.93. The van der Waals surface area contributed by atoms with Crippen LogP contribution in [0.25, 0.3) is 0 Å². The van der Waals surface area contributed by atoms with Crippen molar-refractivity contribution in [2.24, 2.45) is 11.8 Å². The van der Waals surface area contributed by atoms with E-state index in [-0.39, 0.29) is 23.7 Å². The zero-order chi connectivity index (χ0) is 21.6. The molecule has 0 nitrogen and oxygen atoms in total. The smallest absolute Gasteiger partial charge is 0.207 e. The molecule has 2 aromatic rings. The minimum absolute atomic E-state index is 0.0279. The summed E-state index contributed by atoms with van der Waals surface area (Å²) in [5.41, 5.74) is 0.526. The molecule has 0 radical (unpaired) electrons. The SMILES string of the molecule is CCC[C@@H]1CC[C@H]2c3cc(F)cc(F)c3CC[C@@H]2[C@H]1c1ccc(C(F)(F)F)c(F)c1. The lowest BCUT2D eigenvalue weighted by Gasteiger charge is -2.47. The van der Waals surface area contributed by atoms with E-state index in [1.54, 1.807) is 0 Å². The average molecular weight is 426 g/mol. The van der Waals surface area contributed by atoms with Crippen molar-refractivity contribution in [1.82, 2.24) is 0 Å². The van der Waals surface area contributed by atoms with Crippen LogP contribution in [0.3, 0.4) is 0 Å². The van der Waals surface area contributed by atoms with Crippen LogP contribution >= 0.6 is 0 Å². The molecule has 2 aliphatic carbocycles. The van der Waals surface area contributed by atoms with Gasteiger partial charge in [-0.05, 0) is 84.2 Å². The molecule has 0 saturated heterocycles. The second-order valence-electron chi connectivity index (χ2n) is 8.65. The van der Waals surface area contributed by atoms with Gasteiger partial charge in [0.05, 0.1) is 5.56 Å². The molecule has 0 unspecified atom stereocenters. The zero-order valence-electron chi connectivity index (χ0n) is 16.7. The highest BCUT2D eigenvalue weighted by molar-refractivity contribution is 5.38. The van der Waals surface area contributed by atoms with Gasteiger partial charge in [-0.3, -0.25) is 0 Å². The van der Waals surface area contributed by atoms with Crippen LogP contribution in [-0.4, -0.2) is 0 Å². The van der Waals surface area contributed by atoms with Gasteiger partial charge in [0.25, 0.3) is 0 Å². The summed E-state index contributed by atoms with van der Waals surface area (Å²) in [4.78, 5) is 0. The molecule has 30 heavy (non-hydrogen) atoms. The number of benzene rings is 2. The molecule has 0 heterocycles. The van der Waals surface area contributed by atoms with Crippen LogP contribution in [0, 0.1) is 29.3 Å². The van der Waals surface area contributed by atoms with E-state index in [0.29, 0.717) is 29.5 Å². The van der Waals surface area contributed by atoms with E-state index in [2.05, 4.69) is 6.92 Å². The highest BCUT2D eigenvalue weighted by atomic mass is 19.4. The molecule has 1 saturated carbocycles. The average Bonchev–Trinajstić information content (AvgIpc) is 2.66. The van der Waals surface area contributed by atoms with Crippen LogP contribution in [-0.2, 0) is 12.6 Å². The number of hydrogen-bond acceptors (Lipinski definition) is 0. The quantitative estimate of drug-likeness (QED) is 0.440. The van der Waals surface area contributed by atoms with Gasteiger partial charge in [-0.1, -0.05) is 25.8 Å². The standard InChI is InChI=1S/C24H24F6/c1-2-3-13-4-6-16-18(8-7-17-19(16)11-15(25)12-21(17)26)23(13)14-5-9-20(22(27)10-14)24(28,29)30/h5,9-13,16,18,23H,2-4,6-8H2,1H3/t13-,16-,18+,23-/m1/s1. The lowest BCUT2D eigenvalue weighted by molar-refractivity contribution is -0.140. The van der Waals surface area contributed by atoms with E-state index < -0.39 is 29.2 Å². The van der Waals surface area contributed by atoms with Crippen molar-refractivity contribution < 1.29 is 26.3 Å². The Morgan fingerprint density at radius 2 is 1.70 bits per heavy atom. The van der Waals surface area contributed by atoms with Gasteiger partial charge < -0.3 is 0 Å². The maximum atomic E-state index is 14.4. The molecule has 4 atom stereocenters. The van der Waals surface area contributed by atoms with Crippen molar-refractivity contribution >= 4 is 0 Å². The van der Waals surface area contributed by atoms with Crippen molar-refractivity contribution in [1.29, 1.82) is 0 Å². The summed E-state index contributed by atoms with van der Waals surface area (Å²) < 4.78 is 81.7. The number of alkyl halides is 3. The van der Waals surface area contributed by atoms with Crippen LogP contribution in [0.4, 0.5) is 26.3 Å². The maximum Gasteiger partial charge on any atom is 0.419 e. The van der Waals surface area contributed by atoms with Gasteiger partial charge in [-0.25, -0.2) is 13.2 Å². The molecule has 0 aliphatic heterocycles. The first kappa shape index (κ1) is 21.3. The highest BCUT2D eigenvalue weighted by Gasteiger charge is 2.44.